The van der Waals surface area contributed by atoms with Gasteiger partial charge in [0.05, 0.1) is 6.61 Å². The summed E-state index contributed by atoms with van der Waals surface area (Å²) in [4.78, 5) is 14.2. The summed E-state index contributed by atoms with van der Waals surface area (Å²) in [5.41, 5.74) is 0.709. The van der Waals surface area contributed by atoms with E-state index in [1.165, 1.54) is 0 Å². The number of piperidine rings is 1. The van der Waals surface area contributed by atoms with E-state index in [9.17, 15) is 4.79 Å². The molecule has 0 radical (unpaired) electrons. The molecular weight excluding hydrogens is 282 g/mol. The maximum atomic E-state index is 12.3. The summed E-state index contributed by atoms with van der Waals surface area (Å²) in [6, 6.07) is 7.10. The Morgan fingerprint density at radius 1 is 1.26 bits per heavy atom. The van der Waals surface area contributed by atoms with Gasteiger partial charge in [0.2, 0.25) is 0 Å². The Hall–Kier alpha value is -0.710. The molecule has 1 aromatic rings. The van der Waals surface area contributed by atoms with Crippen molar-refractivity contribution in [2.75, 3.05) is 25.4 Å². The van der Waals surface area contributed by atoms with Crippen molar-refractivity contribution in [2.45, 2.75) is 17.8 Å². The summed E-state index contributed by atoms with van der Waals surface area (Å²) in [5.74, 6) is 1.17. The van der Waals surface area contributed by atoms with Gasteiger partial charge in [-0.2, -0.15) is 0 Å². The molecule has 0 aliphatic carbocycles. The molecule has 0 bridgehead atoms. The van der Waals surface area contributed by atoms with Crippen LogP contribution in [0.15, 0.2) is 24.3 Å². The number of ether oxygens (including phenoxy) is 1. The molecule has 0 aromatic heterocycles. The molecular formula is C14H16ClNO2S. The molecule has 3 rings (SSSR count). The molecule has 2 aliphatic rings. The number of benzene rings is 1. The first-order chi connectivity index (χ1) is 9.19. The number of hydrogen-bond donors (Lipinski definition) is 0. The van der Waals surface area contributed by atoms with Crippen LogP contribution in [-0.2, 0) is 4.74 Å². The predicted octanol–water partition coefficient (Wildman–Crippen LogP) is 3.04. The highest BCUT2D eigenvalue weighted by Gasteiger charge is 2.40. The van der Waals surface area contributed by atoms with E-state index in [2.05, 4.69) is 0 Å². The zero-order valence-corrected chi connectivity index (χ0v) is 12.2. The summed E-state index contributed by atoms with van der Waals surface area (Å²) in [7, 11) is 0. The van der Waals surface area contributed by atoms with Crippen LogP contribution >= 0.6 is 23.4 Å². The van der Waals surface area contributed by atoms with E-state index in [1.807, 2.05) is 16.7 Å². The van der Waals surface area contributed by atoms with Gasteiger partial charge in [-0.15, -0.1) is 11.8 Å². The molecule has 0 N–H and O–H groups in total. The van der Waals surface area contributed by atoms with Crippen LogP contribution in [0.2, 0.25) is 5.02 Å². The van der Waals surface area contributed by atoms with E-state index in [0.29, 0.717) is 10.6 Å². The highest BCUT2D eigenvalue weighted by molar-refractivity contribution is 8.00. The predicted molar refractivity (Wildman–Crippen MR) is 77.7 cm³/mol. The summed E-state index contributed by atoms with van der Waals surface area (Å²) in [6.45, 7) is 2.39. The van der Waals surface area contributed by atoms with Gasteiger partial charge < -0.3 is 9.64 Å². The van der Waals surface area contributed by atoms with Crippen molar-refractivity contribution < 1.29 is 9.53 Å². The molecule has 0 saturated carbocycles. The van der Waals surface area contributed by atoms with Gasteiger partial charge in [-0.25, -0.2) is 0 Å². The van der Waals surface area contributed by atoms with Gasteiger partial charge in [0.25, 0.3) is 5.91 Å². The Bertz CT molecular complexity index is 461. The maximum absolute atomic E-state index is 12.3. The molecule has 1 aromatic carbocycles. The van der Waals surface area contributed by atoms with Crippen molar-refractivity contribution in [3.8, 4) is 0 Å². The molecule has 2 saturated heterocycles. The second kappa shape index (κ2) is 5.35. The van der Waals surface area contributed by atoms with Crippen LogP contribution in [0, 0.1) is 0 Å². The molecule has 2 heterocycles. The van der Waals surface area contributed by atoms with E-state index in [-0.39, 0.29) is 10.8 Å². The maximum Gasteiger partial charge on any atom is 0.253 e. The first kappa shape index (κ1) is 13.3. The zero-order valence-electron chi connectivity index (χ0n) is 10.6. The number of likely N-dealkylation sites (tertiary alicyclic amines) is 1. The lowest BCUT2D eigenvalue weighted by atomic mass is 10.1. The van der Waals surface area contributed by atoms with E-state index in [1.54, 1.807) is 24.3 Å². The van der Waals surface area contributed by atoms with Gasteiger partial charge in [-0.1, -0.05) is 11.6 Å². The third-order valence-electron chi connectivity index (χ3n) is 3.72. The van der Waals surface area contributed by atoms with Crippen LogP contribution in [0.4, 0.5) is 0 Å². The average Bonchev–Trinajstić information content (AvgIpc) is 2.88. The SMILES string of the molecule is O=C(c1ccc(Cl)cc1)N1CCC2(CC1)OCCS2. The topological polar surface area (TPSA) is 29.5 Å². The fourth-order valence-electron chi connectivity index (χ4n) is 2.61. The zero-order chi connectivity index (χ0) is 13.3. The van der Waals surface area contributed by atoms with Crippen molar-refractivity contribution in [1.29, 1.82) is 0 Å². The third-order valence-corrected chi connectivity index (χ3v) is 5.39. The average molecular weight is 298 g/mol. The number of thioether (sulfide) groups is 1. The molecule has 0 atom stereocenters. The van der Waals surface area contributed by atoms with Crippen LogP contribution in [0.1, 0.15) is 23.2 Å². The van der Waals surface area contributed by atoms with Crippen LogP contribution in [0.3, 0.4) is 0 Å². The van der Waals surface area contributed by atoms with Gasteiger partial charge in [-0.05, 0) is 24.3 Å². The second-order valence-corrected chi connectivity index (χ2v) is 6.78. The molecule has 1 amide bonds. The van der Waals surface area contributed by atoms with E-state index >= 15 is 0 Å². The number of carbonyl (C=O) groups is 1. The lowest BCUT2D eigenvalue weighted by Gasteiger charge is -2.37. The van der Waals surface area contributed by atoms with Crippen molar-refractivity contribution in [3.05, 3.63) is 34.9 Å². The lowest BCUT2D eigenvalue weighted by molar-refractivity contribution is 0.00353. The van der Waals surface area contributed by atoms with Crippen LogP contribution in [0.25, 0.3) is 0 Å². The van der Waals surface area contributed by atoms with Gasteiger partial charge in [0.1, 0.15) is 4.93 Å². The number of halogens is 1. The minimum absolute atomic E-state index is 0.0171. The molecule has 2 aliphatic heterocycles. The molecule has 5 heteroatoms. The van der Waals surface area contributed by atoms with Crippen molar-refractivity contribution >= 4 is 29.3 Å². The summed E-state index contributed by atoms with van der Waals surface area (Å²) in [6.07, 6.45) is 1.86. The Kier molecular flexibility index (Phi) is 3.74. The second-order valence-electron chi connectivity index (χ2n) is 4.91. The van der Waals surface area contributed by atoms with Crippen molar-refractivity contribution in [2.24, 2.45) is 0 Å². The third kappa shape index (κ3) is 2.76. The minimum atomic E-state index is -0.0171. The van der Waals surface area contributed by atoms with E-state index in [4.69, 9.17) is 16.3 Å². The normalized spacial score (nSPS) is 21.8. The summed E-state index contributed by atoms with van der Waals surface area (Å²) < 4.78 is 5.84. The molecule has 3 nitrogen and oxygen atoms in total. The molecule has 0 unspecified atom stereocenters. The highest BCUT2D eigenvalue weighted by Crippen LogP contribution is 2.41. The molecule has 19 heavy (non-hydrogen) atoms. The largest absolute Gasteiger partial charge is 0.363 e. The fraction of sp³-hybridized carbons (Fsp3) is 0.500. The monoisotopic (exact) mass is 297 g/mol. The van der Waals surface area contributed by atoms with E-state index < -0.39 is 0 Å². The van der Waals surface area contributed by atoms with Crippen LogP contribution in [0.5, 0.6) is 0 Å². The quantitative estimate of drug-likeness (QED) is 0.798. The fourth-order valence-corrected chi connectivity index (χ4v) is 3.91. The van der Waals surface area contributed by atoms with Crippen LogP contribution < -0.4 is 0 Å². The van der Waals surface area contributed by atoms with Crippen molar-refractivity contribution in [3.63, 3.8) is 0 Å². The first-order valence-corrected chi connectivity index (χ1v) is 7.88. The standard InChI is InChI=1S/C14H16ClNO2S/c15-12-3-1-11(2-4-12)13(17)16-7-5-14(6-8-16)18-9-10-19-14/h1-4H,5-10H2. The van der Waals surface area contributed by atoms with Gasteiger partial charge >= 0.3 is 0 Å². The van der Waals surface area contributed by atoms with Crippen LogP contribution in [-0.4, -0.2) is 41.2 Å². The Morgan fingerprint density at radius 2 is 1.95 bits per heavy atom. The summed E-state index contributed by atoms with van der Waals surface area (Å²) >= 11 is 7.74. The number of hydrogen-bond acceptors (Lipinski definition) is 3. The summed E-state index contributed by atoms with van der Waals surface area (Å²) in [5, 5.41) is 0.657. The smallest absolute Gasteiger partial charge is 0.253 e. The lowest BCUT2D eigenvalue weighted by Crippen LogP contribution is -2.45. The number of carbonyl (C=O) groups excluding carboxylic acids is 1. The number of nitrogens with zero attached hydrogens (tertiary/aromatic N) is 1. The molecule has 102 valence electrons. The van der Waals surface area contributed by atoms with Gasteiger partial charge in [0.15, 0.2) is 0 Å². The Labute approximate surface area is 122 Å². The highest BCUT2D eigenvalue weighted by atomic mass is 35.5. The van der Waals surface area contributed by atoms with Gasteiger partial charge in [0, 0.05) is 42.3 Å². The number of amides is 1. The molecule has 1 spiro atoms. The van der Waals surface area contributed by atoms with E-state index in [0.717, 1.165) is 38.3 Å². The first-order valence-electron chi connectivity index (χ1n) is 6.51. The Balaban J connectivity index is 1.64. The van der Waals surface area contributed by atoms with Gasteiger partial charge in [-0.3, -0.25) is 4.79 Å². The number of rotatable bonds is 1. The van der Waals surface area contributed by atoms with Crippen molar-refractivity contribution in [1.82, 2.24) is 4.90 Å². The minimum Gasteiger partial charge on any atom is -0.363 e. The Morgan fingerprint density at radius 3 is 2.53 bits per heavy atom. The molecule has 2 fully saturated rings.